The Labute approximate surface area is 197 Å². The van der Waals surface area contributed by atoms with Crippen molar-refractivity contribution in [3.63, 3.8) is 0 Å². The average Bonchev–Trinajstić information content (AvgIpc) is 2.73. The van der Waals surface area contributed by atoms with E-state index >= 15 is 0 Å². The number of nitrogens with two attached hydrogens (primary N) is 1. The molecule has 0 fully saturated rings. The van der Waals surface area contributed by atoms with Gasteiger partial charge >= 0.3 is 0 Å². The fourth-order valence-corrected chi connectivity index (χ4v) is 4.21. The Hall–Kier alpha value is -3.08. The summed E-state index contributed by atoms with van der Waals surface area (Å²) < 4.78 is 22.5. The molecule has 0 bridgehead atoms. The minimum atomic E-state index is -0.802. The Bertz CT molecular complexity index is 1290. The summed E-state index contributed by atoms with van der Waals surface area (Å²) in [5, 5.41) is 6.20. The lowest BCUT2D eigenvalue weighted by Crippen LogP contribution is -2.25. The van der Waals surface area contributed by atoms with E-state index in [0.29, 0.717) is 9.32 Å². The van der Waals surface area contributed by atoms with E-state index in [-0.39, 0.29) is 22.8 Å². The highest BCUT2D eigenvalue weighted by Crippen LogP contribution is 2.37. The van der Waals surface area contributed by atoms with Crippen molar-refractivity contribution in [2.24, 2.45) is 12.8 Å². The van der Waals surface area contributed by atoms with E-state index in [0.717, 1.165) is 36.2 Å². The van der Waals surface area contributed by atoms with Gasteiger partial charge in [0, 0.05) is 34.5 Å². The highest BCUT2D eigenvalue weighted by Gasteiger charge is 2.23. The number of pyridine rings is 1. The number of carbonyl (C=O) groups is 1. The van der Waals surface area contributed by atoms with Crippen LogP contribution in [0.2, 0.25) is 0 Å². The van der Waals surface area contributed by atoms with Gasteiger partial charge in [-0.05, 0) is 78.3 Å². The fourth-order valence-electron chi connectivity index (χ4n) is 3.76. The summed E-state index contributed by atoms with van der Waals surface area (Å²) in [5.74, 6) is -0.699. The molecule has 9 heteroatoms. The van der Waals surface area contributed by atoms with Crippen molar-refractivity contribution in [1.29, 1.82) is 0 Å². The molecule has 1 aromatic heterocycles. The molecule has 1 aliphatic rings. The van der Waals surface area contributed by atoms with Gasteiger partial charge in [-0.1, -0.05) is 0 Å². The second-order valence-electron chi connectivity index (χ2n) is 7.66. The normalized spacial score (nSPS) is 12.6. The molecule has 2 aromatic carbocycles. The maximum atomic E-state index is 14.5. The highest BCUT2D eigenvalue weighted by atomic mass is 127. The van der Waals surface area contributed by atoms with Gasteiger partial charge in [-0.15, -0.1) is 0 Å². The SMILES string of the molecule is Cc1cc2c(c(Oc3cc(=O)n(C)c(Nc4ccc(I)cc4F)c3C(N)=O)c1)CCCN2. The summed E-state index contributed by atoms with van der Waals surface area (Å²) in [6.07, 6.45) is 1.73. The first-order chi connectivity index (χ1) is 15.2. The van der Waals surface area contributed by atoms with Crippen LogP contribution in [0.25, 0.3) is 0 Å². The van der Waals surface area contributed by atoms with Crippen molar-refractivity contribution < 1.29 is 13.9 Å². The molecule has 3 aromatic rings. The fraction of sp³-hybridized carbons (Fsp3) is 0.217. The summed E-state index contributed by atoms with van der Waals surface area (Å²) in [4.78, 5) is 25.2. The number of aryl methyl sites for hydroxylation is 1. The van der Waals surface area contributed by atoms with E-state index in [9.17, 15) is 14.0 Å². The van der Waals surface area contributed by atoms with E-state index in [1.54, 1.807) is 6.07 Å². The molecule has 0 aliphatic carbocycles. The Morgan fingerprint density at radius 1 is 1.25 bits per heavy atom. The molecular formula is C23H22FIN4O3. The van der Waals surface area contributed by atoms with Crippen molar-refractivity contribution >= 4 is 45.7 Å². The molecule has 1 amide bonds. The van der Waals surface area contributed by atoms with Crippen LogP contribution in [-0.2, 0) is 13.5 Å². The summed E-state index contributed by atoms with van der Waals surface area (Å²) in [5.41, 5.74) is 8.23. The van der Waals surface area contributed by atoms with Gasteiger partial charge < -0.3 is 21.1 Å². The van der Waals surface area contributed by atoms with E-state index < -0.39 is 17.3 Å². The molecule has 32 heavy (non-hydrogen) atoms. The third kappa shape index (κ3) is 4.29. The number of amides is 1. The minimum absolute atomic E-state index is 0.0207. The van der Waals surface area contributed by atoms with Gasteiger partial charge in [-0.3, -0.25) is 14.2 Å². The number of benzene rings is 2. The number of nitrogens with zero attached hydrogens (tertiary/aromatic N) is 1. The van der Waals surface area contributed by atoms with Crippen LogP contribution in [0.5, 0.6) is 11.5 Å². The van der Waals surface area contributed by atoms with Gasteiger partial charge in [0.15, 0.2) is 0 Å². The number of primary amides is 1. The van der Waals surface area contributed by atoms with Crippen LogP contribution in [-0.4, -0.2) is 17.0 Å². The van der Waals surface area contributed by atoms with Crippen molar-refractivity contribution in [3.05, 3.63) is 72.8 Å². The molecule has 0 radical (unpaired) electrons. The van der Waals surface area contributed by atoms with Gasteiger partial charge in [0.05, 0.1) is 5.69 Å². The summed E-state index contributed by atoms with van der Waals surface area (Å²) in [6, 6.07) is 9.70. The van der Waals surface area contributed by atoms with E-state index in [4.69, 9.17) is 10.5 Å². The lowest BCUT2D eigenvalue weighted by molar-refractivity contribution is 0.0998. The largest absolute Gasteiger partial charge is 0.456 e. The summed E-state index contributed by atoms with van der Waals surface area (Å²) in [7, 11) is 1.48. The van der Waals surface area contributed by atoms with Crippen LogP contribution in [0, 0.1) is 16.3 Å². The number of hydrogen-bond acceptors (Lipinski definition) is 5. The standard InChI is InChI=1S/C23H22FIN4O3/c1-12-8-17-14(4-3-7-27-17)18(9-12)32-19-11-20(30)29(2)23(21(19)22(26)31)28-16-6-5-13(25)10-15(16)24/h5-6,8-11,27-28H,3-4,7H2,1-2H3,(H2,26,31). The molecule has 0 atom stereocenters. The number of carbonyl (C=O) groups excluding carboxylic acids is 1. The van der Waals surface area contributed by atoms with E-state index in [1.165, 1.54) is 29.8 Å². The Balaban J connectivity index is 1.85. The Morgan fingerprint density at radius 2 is 2.03 bits per heavy atom. The number of hydrogen-bond donors (Lipinski definition) is 3. The molecule has 0 saturated carbocycles. The van der Waals surface area contributed by atoms with Crippen LogP contribution in [0.1, 0.15) is 27.9 Å². The number of fused-ring (bicyclic) bond motifs is 1. The zero-order chi connectivity index (χ0) is 23.0. The number of aromatic nitrogens is 1. The molecule has 2 heterocycles. The quantitative estimate of drug-likeness (QED) is 0.410. The van der Waals surface area contributed by atoms with E-state index in [2.05, 4.69) is 10.6 Å². The number of nitrogens with one attached hydrogen (secondary N) is 2. The second-order valence-corrected chi connectivity index (χ2v) is 8.91. The minimum Gasteiger partial charge on any atom is -0.456 e. The van der Waals surface area contributed by atoms with Crippen LogP contribution >= 0.6 is 22.6 Å². The first-order valence-electron chi connectivity index (χ1n) is 10.1. The number of anilines is 3. The molecule has 0 spiro atoms. The van der Waals surface area contributed by atoms with Crippen LogP contribution in [0.4, 0.5) is 21.6 Å². The average molecular weight is 548 g/mol. The van der Waals surface area contributed by atoms with Crippen molar-refractivity contribution in [3.8, 4) is 11.5 Å². The van der Waals surface area contributed by atoms with Crippen LogP contribution < -0.4 is 26.7 Å². The number of ether oxygens (including phenoxy) is 1. The molecule has 1 aliphatic heterocycles. The molecule has 0 unspecified atom stereocenters. The van der Waals surface area contributed by atoms with Crippen molar-refractivity contribution in [2.45, 2.75) is 19.8 Å². The van der Waals surface area contributed by atoms with Crippen molar-refractivity contribution in [1.82, 2.24) is 4.57 Å². The monoisotopic (exact) mass is 548 g/mol. The first-order valence-corrected chi connectivity index (χ1v) is 11.1. The third-order valence-electron chi connectivity index (χ3n) is 5.33. The van der Waals surface area contributed by atoms with Crippen molar-refractivity contribution in [2.75, 3.05) is 17.2 Å². The maximum Gasteiger partial charge on any atom is 0.256 e. The molecule has 7 nitrogen and oxygen atoms in total. The van der Waals surface area contributed by atoms with E-state index in [1.807, 2.05) is 41.6 Å². The number of halogens is 2. The third-order valence-corrected chi connectivity index (χ3v) is 6.00. The van der Waals surface area contributed by atoms with Gasteiger partial charge in [0.1, 0.15) is 28.7 Å². The van der Waals surface area contributed by atoms with Crippen LogP contribution in [0.3, 0.4) is 0 Å². The first kappa shape index (κ1) is 22.1. The predicted molar refractivity (Wildman–Crippen MR) is 131 cm³/mol. The summed E-state index contributed by atoms with van der Waals surface area (Å²) >= 11 is 2.00. The maximum absolute atomic E-state index is 14.5. The molecular weight excluding hydrogens is 526 g/mol. The Morgan fingerprint density at radius 3 is 2.75 bits per heavy atom. The molecule has 4 rings (SSSR count). The highest BCUT2D eigenvalue weighted by molar-refractivity contribution is 14.1. The second kappa shape index (κ2) is 8.81. The molecule has 166 valence electrons. The van der Waals surface area contributed by atoms with Gasteiger partial charge in [-0.25, -0.2) is 4.39 Å². The predicted octanol–water partition coefficient (Wildman–Crippen LogP) is 4.43. The topological polar surface area (TPSA) is 98.4 Å². The lowest BCUT2D eigenvalue weighted by Gasteiger charge is -2.23. The lowest BCUT2D eigenvalue weighted by atomic mass is 10.00. The molecule has 0 saturated heterocycles. The zero-order valence-electron chi connectivity index (χ0n) is 17.6. The Kier molecular flexibility index (Phi) is 6.09. The molecule has 4 N–H and O–H groups in total. The van der Waals surface area contributed by atoms with Gasteiger partial charge in [-0.2, -0.15) is 0 Å². The zero-order valence-corrected chi connectivity index (χ0v) is 19.7. The van der Waals surface area contributed by atoms with Gasteiger partial charge in [0.2, 0.25) is 0 Å². The van der Waals surface area contributed by atoms with Gasteiger partial charge in [0.25, 0.3) is 11.5 Å². The number of rotatable bonds is 5. The summed E-state index contributed by atoms with van der Waals surface area (Å²) in [6.45, 7) is 2.80. The smallest absolute Gasteiger partial charge is 0.256 e. The van der Waals surface area contributed by atoms with Crippen LogP contribution in [0.15, 0.2) is 41.2 Å².